The van der Waals surface area contributed by atoms with Crippen molar-refractivity contribution in [2.24, 2.45) is 5.73 Å². The molecule has 166 valence electrons. The molecule has 0 aliphatic carbocycles. The Morgan fingerprint density at radius 2 is 1.74 bits per heavy atom. The molecule has 0 aromatic heterocycles. The second-order valence-corrected chi connectivity index (χ2v) is 8.57. The Morgan fingerprint density at radius 3 is 2.26 bits per heavy atom. The van der Waals surface area contributed by atoms with E-state index in [1.807, 2.05) is 0 Å². The number of esters is 1. The van der Waals surface area contributed by atoms with Gasteiger partial charge in [-0.1, -0.05) is 30.3 Å². The molecule has 0 saturated carbocycles. The number of ketones is 1. The molecule has 0 aliphatic rings. The largest absolute Gasteiger partial charge is 0.461 e. The summed E-state index contributed by atoms with van der Waals surface area (Å²) >= 11 is 0. The zero-order chi connectivity index (χ0) is 23.0. The topological polar surface area (TPSA) is 116 Å². The lowest BCUT2D eigenvalue weighted by atomic mass is 10.00. The molecule has 2 aromatic carbocycles. The van der Waals surface area contributed by atoms with Crippen molar-refractivity contribution in [1.82, 2.24) is 4.72 Å². The third-order valence-electron chi connectivity index (χ3n) is 4.48. The number of carbonyl (C=O) groups is 2. The van der Waals surface area contributed by atoms with Gasteiger partial charge in [-0.2, -0.15) is 4.72 Å². The number of carbonyl (C=O) groups excluding carboxylic acids is 2. The van der Waals surface area contributed by atoms with Gasteiger partial charge in [0.15, 0.2) is 0 Å². The molecule has 0 radical (unpaired) electrons. The molecule has 9 heteroatoms. The van der Waals surface area contributed by atoms with Gasteiger partial charge >= 0.3 is 5.97 Å². The summed E-state index contributed by atoms with van der Waals surface area (Å²) in [4.78, 5) is 22.9. The predicted octanol–water partition coefficient (Wildman–Crippen LogP) is 2.77. The second kappa shape index (κ2) is 10.9. The molecule has 2 rings (SSSR count). The molecule has 7 nitrogen and oxygen atoms in total. The highest BCUT2D eigenvalue weighted by molar-refractivity contribution is 7.89. The van der Waals surface area contributed by atoms with E-state index in [4.69, 9.17) is 10.5 Å². The summed E-state index contributed by atoms with van der Waals surface area (Å²) in [6.45, 7) is 2.97. The monoisotopic (exact) mass is 448 g/mol. The Hall–Kier alpha value is -2.88. The van der Waals surface area contributed by atoms with Crippen LogP contribution in [0.2, 0.25) is 0 Å². The number of rotatable bonds is 10. The van der Waals surface area contributed by atoms with Gasteiger partial charge in [0.1, 0.15) is 24.6 Å². The Kier molecular flexibility index (Phi) is 8.61. The van der Waals surface area contributed by atoms with E-state index in [1.54, 1.807) is 25.1 Å². The summed E-state index contributed by atoms with van der Waals surface area (Å²) in [7, 11) is -3.98. The highest BCUT2D eigenvalue weighted by Gasteiger charge is 2.25. The number of nitrogens with two attached hydrogens (primary N) is 1. The smallest absolute Gasteiger partial charge is 0.313 e. The van der Waals surface area contributed by atoms with Crippen LogP contribution in [0.5, 0.6) is 0 Å². The number of hydrogen-bond donors (Lipinski definition) is 2. The average molecular weight is 449 g/mol. The average Bonchev–Trinajstić information content (AvgIpc) is 2.73. The summed E-state index contributed by atoms with van der Waals surface area (Å²) in [6, 6.07) is 10.5. The van der Waals surface area contributed by atoms with E-state index in [9.17, 15) is 22.4 Å². The normalized spacial score (nSPS) is 13.0. The van der Waals surface area contributed by atoms with Crippen molar-refractivity contribution in [3.05, 3.63) is 77.1 Å². The van der Waals surface area contributed by atoms with E-state index in [0.717, 1.165) is 5.56 Å². The number of halogens is 1. The summed E-state index contributed by atoms with van der Waals surface area (Å²) in [5.74, 6) is -1.54. The van der Waals surface area contributed by atoms with Crippen LogP contribution in [0.4, 0.5) is 4.39 Å². The number of allylic oxidation sites excluding steroid dienone is 1. The summed E-state index contributed by atoms with van der Waals surface area (Å²) in [6.07, 6.45) is 1.23. The maximum Gasteiger partial charge on any atom is 0.313 e. The SMILES string of the molecule is CC=C(COC(=O)CC(C)=O)C(NS(=O)(=O)c1ccc(CN)cc1)c1ccc(F)cc1. The fourth-order valence-corrected chi connectivity index (χ4v) is 4.02. The first kappa shape index (κ1) is 24.4. The predicted molar refractivity (Wildman–Crippen MR) is 114 cm³/mol. The molecule has 0 bridgehead atoms. The van der Waals surface area contributed by atoms with Crippen LogP contribution in [0, 0.1) is 5.82 Å². The third-order valence-corrected chi connectivity index (χ3v) is 5.92. The van der Waals surface area contributed by atoms with Crippen molar-refractivity contribution in [2.45, 2.75) is 37.8 Å². The van der Waals surface area contributed by atoms with Crippen LogP contribution in [0.3, 0.4) is 0 Å². The maximum atomic E-state index is 13.4. The van der Waals surface area contributed by atoms with Crippen molar-refractivity contribution in [3.8, 4) is 0 Å². The fourth-order valence-electron chi connectivity index (χ4n) is 2.79. The van der Waals surface area contributed by atoms with Crippen LogP contribution in [0.15, 0.2) is 65.1 Å². The summed E-state index contributed by atoms with van der Waals surface area (Å²) < 4.78 is 47.1. The van der Waals surface area contributed by atoms with Crippen LogP contribution < -0.4 is 10.5 Å². The van der Waals surface area contributed by atoms with E-state index in [-0.39, 0.29) is 30.3 Å². The molecule has 0 heterocycles. The van der Waals surface area contributed by atoms with Gasteiger partial charge in [-0.25, -0.2) is 12.8 Å². The molecule has 0 amide bonds. The van der Waals surface area contributed by atoms with Crippen LogP contribution in [0.25, 0.3) is 0 Å². The van der Waals surface area contributed by atoms with Crippen molar-refractivity contribution in [3.63, 3.8) is 0 Å². The van der Waals surface area contributed by atoms with Crippen LogP contribution in [-0.2, 0) is 30.9 Å². The van der Waals surface area contributed by atoms with Gasteiger partial charge in [0.05, 0.1) is 10.9 Å². The number of nitrogens with one attached hydrogen (secondary N) is 1. The van der Waals surface area contributed by atoms with Crippen molar-refractivity contribution in [1.29, 1.82) is 0 Å². The first-order valence-electron chi connectivity index (χ1n) is 9.53. The molecule has 0 aliphatic heterocycles. The number of ether oxygens (including phenoxy) is 1. The molecule has 0 fully saturated rings. The highest BCUT2D eigenvalue weighted by Crippen LogP contribution is 2.25. The van der Waals surface area contributed by atoms with Crippen molar-refractivity contribution < 1.29 is 27.1 Å². The molecule has 1 unspecified atom stereocenters. The van der Waals surface area contributed by atoms with Gasteiger partial charge in [-0.05, 0) is 54.8 Å². The highest BCUT2D eigenvalue weighted by atomic mass is 32.2. The van der Waals surface area contributed by atoms with Gasteiger partial charge < -0.3 is 10.5 Å². The number of hydrogen-bond acceptors (Lipinski definition) is 6. The molecule has 0 spiro atoms. The summed E-state index contributed by atoms with van der Waals surface area (Å²) in [5, 5.41) is 0. The van der Waals surface area contributed by atoms with Crippen LogP contribution in [0.1, 0.15) is 37.4 Å². The molecule has 0 saturated heterocycles. The van der Waals surface area contributed by atoms with Crippen molar-refractivity contribution >= 4 is 21.8 Å². The molecular formula is C22H25FN2O5S. The van der Waals surface area contributed by atoms with Gasteiger partial charge in [-0.3, -0.25) is 9.59 Å². The quantitative estimate of drug-likeness (QED) is 0.328. The zero-order valence-corrected chi connectivity index (χ0v) is 18.1. The number of sulfonamides is 1. The van der Waals surface area contributed by atoms with Gasteiger partial charge in [0, 0.05) is 6.54 Å². The first-order valence-corrected chi connectivity index (χ1v) is 11.0. The van der Waals surface area contributed by atoms with E-state index >= 15 is 0 Å². The Morgan fingerprint density at radius 1 is 1.13 bits per heavy atom. The molecule has 1 atom stereocenters. The minimum atomic E-state index is -3.98. The van der Waals surface area contributed by atoms with Gasteiger partial charge in [0.2, 0.25) is 10.0 Å². The lowest BCUT2D eigenvalue weighted by molar-refractivity contribution is -0.144. The molecule has 2 aromatic rings. The van der Waals surface area contributed by atoms with E-state index in [1.165, 1.54) is 43.3 Å². The van der Waals surface area contributed by atoms with E-state index in [2.05, 4.69) is 4.72 Å². The molecular weight excluding hydrogens is 423 g/mol. The third kappa shape index (κ3) is 7.09. The maximum absolute atomic E-state index is 13.4. The van der Waals surface area contributed by atoms with E-state index < -0.39 is 27.9 Å². The minimum absolute atomic E-state index is 0.0286. The molecule has 3 N–H and O–H groups in total. The van der Waals surface area contributed by atoms with Crippen LogP contribution in [-0.4, -0.2) is 26.8 Å². The standard InChI is InChI=1S/C22H25FN2O5S/c1-3-17(14-30-21(27)12-15(2)26)22(18-6-8-19(23)9-7-18)25-31(28,29)20-10-4-16(13-24)5-11-20/h3-11,22,25H,12-14,24H2,1-2H3. The lowest BCUT2D eigenvalue weighted by Gasteiger charge is -2.22. The van der Waals surface area contributed by atoms with Crippen molar-refractivity contribution in [2.75, 3.05) is 6.61 Å². The molecule has 31 heavy (non-hydrogen) atoms. The van der Waals surface area contributed by atoms with Gasteiger partial charge in [-0.15, -0.1) is 0 Å². The first-order chi connectivity index (χ1) is 14.7. The minimum Gasteiger partial charge on any atom is -0.461 e. The fraction of sp³-hybridized carbons (Fsp3) is 0.273. The number of benzene rings is 2. The Balaban J connectivity index is 2.34. The second-order valence-electron chi connectivity index (χ2n) is 6.86. The number of Topliss-reactive ketones (excluding diaryl/α,β-unsaturated/α-hetero) is 1. The Labute approximate surface area is 181 Å². The lowest BCUT2D eigenvalue weighted by Crippen LogP contribution is -2.31. The Bertz CT molecular complexity index is 1050. The van der Waals surface area contributed by atoms with Gasteiger partial charge in [0.25, 0.3) is 0 Å². The van der Waals surface area contributed by atoms with Crippen LogP contribution >= 0.6 is 0 Å². The van der Waals surface area contributed by atoms with E-state index in [0.29, 0.717) is 11.1 Å². The zero-order valence-electron chi connectivity index (χ0n) is 17.3. The summed E-state index contributed by atoms with van der Waals surface area (Å²) in [5.41, 5.74) is 7.22.